The van der Waals surface area contributed by atoms with Crippen LogP contribution < -0.4 is 0 Å². The Hall–Kier alpha value is -2.11. The maximum absolute atomic E-state index is 12.6. The van der Waals surface area contributed by atoms with E-state index in [0.717, 1.165) is 16.7 Å². The SMILES string of the molecule is COC(=O)C1=C2CC[C@@H]3[C@H]2C(=C(C)C1)CC3(C(=O)OC)C(=O)OC. The fourth-order valence-electron chi connectivity index (χ4n) is 4.87. The molecule has 2 saturated carbocycles. The Labute approximate surface area is 140 Å². The van der Waals surface area contributed by atoms with Crippen molar-refractivity contribution in [2.45, 2.75) is 32.6 Å². The van der Waals surface area contributed by atoms with Crippen molar-refractivity contribution in [2.24, 2.45) is 17.3 Å². The van der Waals surface area contributed by atoms with Crippen molar-refractivity contribution in [3.63, 3.8) is 0 Å². The van der Waals surface area contributed by atoms with Gasteiger partial charge in [0.25, 0.3) is 0 Å². The van der Waals surface area contributed by atoms with Gasteiger partial charge in [0, 0.05) is 17.9 Å². The highest BCUT2D eigenvalue weighted by atomic mass is 16.5. The van der Waals surface area contributed by atoms with Gasteiger partial charge in [-0.1, -0.05) is 16.7 Å². The smallest absolute Gasteiger partial charge is 0.334 e. The Morgan fingerprint density at radius 1 is 1.00 bits per heavy atom. The molecule has 6 nitrogen and oxygen atoms in total. The van der Waals surface area contributed by atoms with Crippen molar-refractivity contribution in [1.29, 1.82) is 0 Å². The summed E-state index contributed by atoms with van der Waals surface area (Å²) in [5.74, 6) is -1.70. The first-order valence-corrected chi connectivity index (χ1v) is 8.07. The van der Waals surface area contributed by atoms with Crippen LogP contribution in [0.2, 0.25) is 0 Å². The summed E-state index contributed by atoms with van der Waals surface area (Å²) in [6.07, 6.45) is 2.16. The van der Waals surface area contributed by atoms with Gasteiger partial charge in [0.1, 0.15) is 0 Å². The number of carbonyl (C=O) groups is 3. The van der Waals surface area contributed by atoms with Crippen LogP contribution in [0.3, 0.4) is 0 Å². The molecule has 0 spiro atoms. The molecular formula is C18H22O6. The maximum atomic E-state index is 12.6. The summed E-state index contributed by atoms with van der Waals surface area (Å²) < 4.78 is 14.9. The average Bonchev–Trinajstić information content (AvgIpc) is 3.18. The molecule has 0 bridgehead atoms. The van der Waals surface area contributed by atoms with Gasteiger partial charge in [0.15, 0.2) is 5.41 Å². The summed E-state index contributed by atoms with van der Waals surface area (Å²) in [4.78, 5) is 37.3. The van der Waals surface area contributed by atoms with E-state index in [2.05, 4.69) is 0 Å². The molecule has 130 valence electrons. The lowest BCUT2D eigenvalue weighted by atomic mass is 9.75. The Balaban J connectivity index is 2.15. The van der Waals surface area contributed by atoms with Gasteiger partial charge in [-0.15, -0.1) is 0 Å². The van der Waals surface area contributed by atoms with E-state index in [0.29, 0.717) is 31.3 Å². The first-order valence-electron chi connectivity index (χ1n) is 8.07. The summed E-state index contributed by atoms with van der Waals surface area (Å²) in [5, 5.41) is 0. The van der Waals surface area contributed by atoms with E-state index in [1.165, 1.54) is 21.3 Å². The van der Waals surface area contributed by atoms with Crippen molar-refractivity contribution in [3.8, 4) is 0 Å². The number of allylic oxidation sites excluding steroid dienone is 3. The summed E-state index contributed by atoms with van der Waals surface area (Å²) in [5.41, 5.74) is 2.50. The van der Waals surface area contributed by atoms with E-state index in [9.17, 15) is 14.4 Å². The third kappa shape index (κ3) is 1.98. The molecule has 2 atom stereocenters. The van der Waals surface area contributed by atoms with Gasteiger partial charge >= 0.3 is 17.9 Å². The Morgan fingerprint density at radius 2 is 1.62 bits per heavy atom. The predicted molar refractivity (Wildman–Crippen MR) is 83.7 cm³/mol. The van der Waals surface area contributed by atoms with E-state index < -0.39 is 17.4 Å². The molecule has 0 aromatic rings. The number of hydrogen-bond acceptors (Lipinski definition) is 6. The number of hydrogen-bond donors (Lipinski definition) is 0. The second kappa shape index (κ2) is 5.76. The molecule has 0 heterocycles. The van der Waals surface area contributed by atoms with Gasteiger partial charge in [0.2, 0.25) is 0 Å². The number of esters is 3. The van der Waals surface area contributed by atoms with Crippen molar-refractivity contribution in [2.75, 3.05) is 21.3 Å². The van der Waals surface area contributed by atoms with Crippen LogP contribution in [0.15, 0.2) is 22.3 Å². The molecule has 2 fully saturated rings. The Kier molecular flexibility index (Phi) is 4.01. The lowest BCUT2D eigenvalue weighted by Gasteiger charge is -2.28. The minimum Gasteiger partial charge on any atom is -0.468 e. The zero-order valence-corrected chi connectivity index (χ0v) is 14.4. The molecule has 24 heavy (non-hydrogen) atoms. The minimum atomic E-state index is -1.31. The lowest BCUT2D eigenvalue weighted by Crippen LogP contribution is -2.44. The standard InChI is InChI=1S/C18H22O6/c1-9-7-11(15(19)22-2)10-5-6-13-14(10)12(9)8-18(13,16(20)23-3)17(21)24-4/h13-14H,5-8H2,1-4H3/t13-,14-/m1/s1. The molecule has 0 aliphatic heterocycles. The van der Waals surface area contributed by atoms with Gasteiger partial charge in [-0.25, -0.2) is 4.79 Å². The fraction of sp³-hybridized carbons (Fsp3) is 0.611. The summed E-state index contributed by atoms with van der Waals surface area (Å²) in [6, 6.07) is 0. The molecule has 0 amide bonds. The zero-order valence-electron chi connectivity index (χ0n) is 14.4. The van der Waals surface area contributed by atoms with Crippen LogP contribution in [0.5, 0.6) is 0 Å². The first-order chi connectivity index (χ1) is 11.4. The van der Waals surface area contributed by atoms with E-state index in [4.69, 9.17) is 14.2 Å². The number of carbonyl (C=O) groups excluding carboxylic acids is 3. The van der Waals surface area contributed by atoms with Gasteiger partial charge < -0.3 is 14.2 Å². The fourth-order valence-corrected chi connectivity index (χ4v) is 4.87. The van der Waals surface area contributed by atoms with Crippen LogP contribution in [0.25, 0.3) is 0 Å². The summed E-state index contributed by atoms with van der Waals surface area (Å²) in [6.45, 7) is 1.95. The maximum Gasteiger partial charge on any atom is 0.334 e. The van der Waals surface area contributed by atoms with Crippen molar-refractivity contribution in [1.82, 2.24) is 0 Å². The second-order valence-electron chi connectivity index (χ2n) is 6.73. The molecule has 0 aromatic carbocycles. The van der Waals surface area contributed by atoms with E-state index in [1.54, 1.807) is 0 Å². The van der Waals surface area contributed by atoms with Crippen LogP contribution in [0.4, 0.5) is 0 Å². The van der Waals surface area contributed by atoms with E-state index >= 15 is 0 Å². The number of ether oxygens (including phenoxy) is 3. The lowest BCUT2D eigenvalue weighted by molar-refractivity contribution is -0.172. The van der Waals surface area contributed by atoms with E-state index in [1.807, 2.05) is 6.92 Å². The normalized spacial score (nSPS) is 27.0. The molecule has 0 N–H and O–H groups in total. The molecule has 3 rings (SSSR count). The number of methoxy groups -OCH3 is 3. The van der Waals surface area contributed by atoms with Crippen molar-refractivity contribution in [3.05, 3.63) is 22.3 Å². The predicted octanol–water partition coefficient (Wildman–Crippen LogP) is 1.94. The quantitative estimate of drug-likeness (QED) is 0.340. The highest BCUT2D eigenvalue weighted by Gasteiger charge is 2.65. The van der Waals surface area contributed by atoms with E-state index in [-0.39, 0.29) is 17.8 Å². The topological polar surface area (TPSA) is 78.9 Å². The Morgan fingerprint density at radius 3 is 2.17 bits per heavy atom. The van der Waals surface area contributed by atoms with Crippen LogP contribution >= 0.6 is 0 Å². The molecule has 0 unspecified atom stereocenters. The van der Waals surface area contributed by atoms with Gasteiger partial charge in [-0.2, -0.15) is 0 Å². The molecule has 0 radical (unpaired) electrons. The van der Waals surface area contributed by atoms with Crippen LogP contribution in [0, 0.1) is 17.3 Å². The largest absolute Gasteiger partial charge is 0.468 e. The molecular weight excluding hydrogens is 312 g/mol. The van der Waals surface area contributed by atoms with Crippen molar-refractivity contribution >= 4 is 17.9 Å². The van der Waals surface area contributed by atoms with Crippen molar-refractivity contribution < 1.29 is 28.6 Å². The monoisotopic (exact) mass is 334 g/mol. The first kappa shape index (κ1) is 16.7. The number of rotatable bonds is 3. The molecule has 0 aromatic heterocycles. The summed E-state index contributed by atoms with van der Waals surface area (Å²) in [7, 11) is 3.96. The second-order valence-corrected chi connectivity index (χ2v) is 6.73. The van der Waals surface area contributed by atoms with Gasteiger partial charge in [-0.3, -0.25) is 9.59 Å². The third-order valence-electron chi connectivity index (χ3n) is 5.89. The van der Waals surface area contributed by atoms with Crippen LogP contribution in [-0.4, -0.2) is 39.2 Å². The highest BCUT2D eigenvalue weighted by molar-refractivity contribution is 6.02. The molecule has 3 aliphatic carbocycles. The zero-order chi connectivity index (χ0) is 17.6. The molecule has 3 aliphatic rings. The Bertz CT molecular complexity index is 668. The van der Waals surface area contributed by atoms with Gasteiger partial charge in [-0.05, 0) is 32.1 Å². The van der Waals surface area contributed by atoms with Gasteiger partial charge in [0.05, 0.1) is 21.3 Å². The molecule has 0 saturated heterocycles. The van der Waals surface area contributed by atoms with Crippen LogP contribution in [0.1, 0.15) is 32.6 Å². The van der Waals surface area contributed by atoms with Crippen LogP contribution in [-0.2, 0) is 28.6 Å². The molecule has 6 heteroatoms. The third-order valence-corrected chi connectivity index (χ3v) is 5.89. The highest BCUT2D eigenvalue weighted by Crippen LogP contribution is 2.63. The minimum absolute atomic E-state index is 0.0638. The summed E-state index contributed by atoms with van der Waals surface area (Å²) >= 11 is 0. The average molecular weight is 334 g/mol.